The Morgan fingerprint density at radius 3 is 3.05 bits per heavy atom. The van der Waals surface area contributed by atoms with Crippen molar-refractivity contribution >= 4 is 23.1 Å². The zero-order valence-electron chi connectivity index (χ0n) is 10.3. The maximum absolute atomic E-state index is 10.8. The van der Waals surface area contributed by atoms with E-state index in [2.05, 4.69) is 15.3 Å². The lowest BCUT2D eigenvalue weighted by molar-refractivity contribution is -0.384. The van der Waals surface area contributed by atoms with E-state index < -0.39 is 4.92 Å². The number of aliphatic hydroxyl groups is 1. The topological polar surface area (TPSA) is 101 Å². The molecule has 19 heavy (non-hydrogen) atoms. The number of hydrogen-bond acceptors (Lipinski definition) is 6. The van der Waals surface area contributed by atoms with Gasteiger partial charge in [0, 0.05) is 6.54 Å². The van der Waals surface area contributed by atoms with Crippen molar-refractivity contribution in [2.24, 2.45) is 5.92 Å². The van der Waals surface area contributed by atoms with Gasteiger partial charge in [0.15, 0.2) is 0 Å². The molecule has 1 saturated carbocycles. The zero-order chi connectivity index (χ0) is 13.8. The number of nitrogens with one attached hydrogen (secondary N) is 1. The summed E-state index contributed by atoms with van der Waals surface area (Å²) < 4.78 is 0. The summed E-state index contributed by atoms with van der Waals surface area (Å²) in [5.41, 5.74) is -0.194. The van der Waals surface area contributed by atoms with Gasteiger partial charge in [-0.25, -0.2) is 4.98 Å². The molecule has 0 radical (unpaired) electrons. The van der Waals surface area contributed by atoms with Crippen LogP contribution in [0.15, 0.2) is 6.20 Å². The summed E-state index contributed by atoms with van der Waals surface area (Å²) in [6, 6.07) is 0. The molecule has 2 atom stereocenters. The van der Waals surface area contributed by atoms with Crippen molar-refractivity contribution < 1.29 is 10.0 Å². The predicted octanol–water partition coefficient (Wildman–Crippen LogP) is 2.00. The van der Waals surface area contributed by atoms with E-state index in [1.54, 1.807) is 0 Å². The molecule has 0 aliphatic heterocycles. The summed E-state index contributed by atoms with van der Waals surface area (Å²) in [4.78, 5) is 17.7. The number of nitro groups is 1. The van der Waals surface area contributed by atoms with Gasteiger partial charge < -0.3 is 10.4 Å². The van der Waals surface area contributed by atoms with Crippen LogP contribution in [0.5, 0.6) is 0 Å². The van der Waals surface area contributed by atoms with Gasteiger partial charge in [-0.05, 0) is 36.8 Å². The van der Waals surface area contributed by atoms with Crippen LogP contribution in [0.25, 0.3) is 0 Å². The average Bonchev–Trinajstić information content (AvgIpc) is 2.36. The van der Waals surface area contributed by atoms with Gasteiger partial charge in [0.2, 0.25) is 11.1 Å². The van der Waals surface area contributed by atoms with E-state index in [0.717, 1.165) is 25.5 Å². The number of nitrogens with zero attached hydrogens (tertiary/aromatic N) is 3. The van der Waals surface area contributed by atoms with Gasteiger partial charge in [-0.3, -0.25) is 10.1 Å². The Hall–Kier alpha value is -1.47. The van der Waals surface area contributed by atoms with Gasteiger partial charge in [-0.15, -0.1) is 0 Å². The third-order valence-corrected chi connectivity index (χ3v) is 3.43. The Kier molecular flexibility index (Phi) is 4.49. The quantitative estimate of drug-likeness (QED) is 0.499. The summed E-state index contributed by atoms with van der Waals surface area (Å²) in [5, 5.41) is 23.3. The van der Waals surface area contributed by atoms with Gasteiger partial charge in [0.25, 0.3) is 0 Å². The highest BCUT2D eigenvalue weighted by molar-refractivity contribution is 6.28. The van der Waals surface area contributed by atoms with Crippen LogP contribution in [0.2, 0.25) is 5.28 Å². The minimum absolute atomic E-state index is 0.0308. The molecule has 0 spiro atoms. The molecule has 1 heterocycles. The molecule has 1 aromatic rings. The molecule has 0 aromatic carbocycles. The van der Waals surface area contributed by atoms with E-state index in [1.807, 2.05) is 0 Å². The van der Waals surface area contributed by atoms with Crippen molar-refractivity contribution in [3.63, 3.8) is 0 Å². The highest BCUT2D eigenvalue weighted by atomic mass is 35.5. The number of halogens is 1. The van der Waals surface area contributed by atoms with E-state index in [9.17, 15) is 15.2 Å². The first kappa shape index (κ1) is 14.0. The van der Waals surface area contributed by atoms with E-state index in [1.165, 1.54) is 0 Å². The van der Waals surface area contributed by atoms with Crippen molar-refractivity contribution in [3.8, 4) is 0 Å². The van der Waals surface area contributed by atoms with Crippen molar-refractivity contribution in [1.82, 2.24) is 9.97 Å². The fourth-order valence-corrected chi connectivity index (χ4v) is 2.44. The lowest BCUT2D eigenvalue weighted by atomic mass is 9.87. The molecule has 2 rings (SSSR count). The molecule has 8 heteroatoms. The maximum Gasteiger partial charge on any atom is 0.329 e. The standard InChI is InChI=1S/C11H15ClN4O3/c12-11-14-6-9(16(18)19)10(15-11)13-5-7-2-1-3-8(17)4-7/h6-8,17H,1-5H2,(H,13,14,15). The largest absolute Gasteiger partial charge is 0.393 e. The van der Waals surface area contributed by atoms with Gasteiger partial charge in [0.1, 0.15) is 6.20 Å². The van der Waals surface area contributed by atoms with Gasteiger partial charge in [-0.2, -0.15) is 4.98 Å². The van der Waals surface area contributed by atoms with Crippen LogP contribution in [0, 0.1) is 16.0 Å². The van der Waals surface area contributed by atoms with Crippen molar-refractivity contribution in [2.75, 3.05) is 11.9 Å². The molecule has 1 fully saturated rings. The molecular weight excluding hydrogens is 272 g/mol. The zero-order valence-corrected chi connectivity index (χ0v) is 11.0. The highest BCUT2D eigenvalue weighted by Crippen LogP contribution is 2.26. The fourth-order valence-electron chi connectivity index (χ4n) is 2.31. The summed E-state index contributed by atoms with van der Waals surface area (Å²) >= 11 is 5.64. The molecule has 2 unspecified atom stereocenters. The molecule has 1 aliphatic carbocycles. The first-order chi connectivity index (χ1) is 9.06. The minimum Gasteiger partial charge on any atom is -0.393 e. The third-order valence-electron chi connectivity index (χ3n) is 3.25. The van der Waals surface area contributed by atoms with Crippen LogP contribution in [0.4, 0.5) is 11.5 Å². The first-order valence-corrected chi connectivity index (χ1v) is 6.53. The molecule has 0 saturated heterocycles. The minimum atomic E-state index is -0.547. The number of anilines is 1. The Labute approximate surface area is 115 Å². The first-order valence-electron chi connectivity index (χ1n) is 6.15. The van der Waals surface area contributed by atoms with E-state index in [4.69, 9.17) is 11.6 Å². The second kappa shape index (κ2) is 6.12. The monoisotopic (exact) mass is 286 g/mol. The predicted molar refractivity (Wildman–Crippen MR) is 70.2 cm³/mol. The SMILES string of the molecule is O=[N+]([O-])c1cnc(Cl)nc1NCC1CCCC(O)C1. The van der Waals surface area contributed by atoms with Gasteiger partial charge in [-0.1, -0.05) is 6.42 Å². The molecule has 2 N–H and O–H groups in total. The summed E-state index contributed by atoms with van der Waals surface area (Å²) in [7, 11) is 0. The number of rotatable bonds is 4. The Balaban J connectivity index is 2.02. The van der Waals surface area contributed by atoms with E-state index in [0.29, 0.717) is 13.0 Å². The Morgan fingerprint density at radius 1 is 1.58 bits per heavy atom. The molecule has 0 bridgehead atoms. The van der Waals surface area contributed by atoms with E-state index >= 15 is 0 Å². The number of hydrogen-bond donors (Lipinski definition) is 2. The van der Waals surface area contributed by atoms with Crippen LogP contribution < -0.4 is 5.32 Å². The normalized spacial score (nSPS) is 23.1. The van der Waals surface area contributed by atoms with Crippen LogP contribution >= 0.6 is 11.6 Å². The van der Waals surface area contributed by atoms with Crippen LogP contribution in [0.3, 0.4) is 0 Å². The van der Waals surface area contributed by atoms with Gasteiger partial charge >= 0.3 is 5.69 Å². The molecule has 0 amide bonds. The smallest absolute Gasteiger partial charge is 0.329 e. The Morgan fingerprint density at radius 2 is 2.37 bits per heavy atom. The van der Waals surface area contributed by atoms with Gasteiger partial charge in [0.05, 0.1) is 11.0 Å². The van der Waals surface area contributed by atoms with E-state index in [-0.39, 0.29) is 28.8 Å². The lowest BCUT2D eigenvalue weighted by Crippen LogP contribution is -2.25. The molecular formula is C11H15ClN4O3. The summed E-state index contributed by atoms with van der Waals surface area (Å²) in [6.45, 7) is 0.533. The molecule has 1 aromatic heterocycles. The van der Waals surface area contributed by atoms with Crippen LogP contribution in [-0.2, 0) is 0 Å². The summed E-state index contributed by atoms with van der Waals surface area (Å²) in [5.74, 6) is 0.419. The third kappa shape index (κ3) is 3.74. The number of aromatic nitrogens is 2. The second-order valence-corrected chi connectivity index (χ2v) is 5.04. The number of aliphatic hydroxyl groups excluding tert-OH is 1. The van der Waals surface area contributed by atoms with Crippen LogP contribution in [-0.4, -0.2) is 32.6 Å². The highest BCUT2D eigenvalue weighted by Gasteiger charge is 2.22. The molecule has 104 valence electrons. The molecule has 1 aliphatic rings. The summed E-state index contributed by atoms with van der Waals surface area (Å²) in [6.07, 6.45) is 4.32. The van der Waals surface area contributed by atoms with Crippen molar-refractivity contribution in [1.29, 1.82) is 0 Å². The van der Waals surface area contributed by atoms with Crippen molar-refractivity contribution in [3.05, 3.63) is 21.6 Å². The second-order valence-electron chi connectivity index (χ2n) is 4.70. The Bertz CT molecular complexity index is 471. The van der Waals surface area contributed by atoms with Crippen LogP contribution in [0.1, 0.15) is 25.7 Å². The molecule has 7 nitrogen and oxygen atoms in total. The fraction of sp³-hybridized carbons (Fsp3) is 0.636. The lowest BCUT2D eigenvalue weighted by Gasteiger charge is -2.25. The maximum atomic E-state index is 10.8. The van der Waals surface area contributed by atoms with Crippen molar-refractivity contribution in [2.45, 2.75) is 31.8 Å². The average molecular weight is 287 g/mol.